The normalized spacial score (nSPS) is 24.7. The van der Waals surface area contributed by atoms with Crippen LogP contribution < -0.4 is 4.74 Å². The van der Waals surface area contributed by atoms with Gasteiger partial charge < -0.3 is 14.6 Å². The lowest BCUT2D eigenvalue weighted by molar-refractivity contribution is -0.0381. The third-order valence-corrected chi connectivity index (χ3v) is 2.79. The molecule has 0 saturated heterocycles. The monoisotopic (exact) mass is 208 g/mol. The first-order valence-electron chi connectivity index (χ1n) is 5.21. The Morgan fingerprint density at radius 2 is 1.87 bits per heavy atom. The molecule has 0 atom stereocenters. The van der Waals surface area contributed by atoms with Crippen LogP contribution in [0.25, 0.3) is 0 Å². The molecule has 0 aromatic heterocycles. The van der Waals surface area contributed by atoms with Crippen molar-refractivity contribution in [1.82, 2.24) is 0 Å². The average Bonchev–Trinajstić information content (AvgIpc) is 2.23. The van der Waals surface area contributed by atoms with E-state index in [0.717, 1.165) is 24.2 Å². The number of aliphatic hydroxyl groups excluding tert-OH is 1. The summed E-state index contributed by atoms with van der Waals surface area (Å²) >= 11 is 0. The molecule has 0 bridgehead atoms. The van der Waals surface area contributed by atoms with Gasteiger partial charge in [0.25, 0.3) is 0 Å². The van der Waals surface area contributed by atoms with Crippen molar-refractivity contribution >= 4 is 0 Å². The lowest BCUT2D eigenvalue weighted by atomic mass is 9.92. The van der Waals surface area contributed by atoms with Crippen LogP contribution in [0.15, 0.2) is 24.3 Å². The molecule has 0 amide bonds. The van der Waals surface area contributed by atoms with Crippen molar-refractivity contribution in [3.05, 3.63) is 29.8 Å². The fraction of sp³-hybridized carbons (Fsp3) is 0.500. The number of rotatable bonds is 4. The van der Waals surface area contributed by atoms with Gasteiger partial charge in [0.05, 0.1) is 12.7 Å². The summed E-state index contributed by atoms with van der Waals surface area (Å²) in [5, 5.41) is 8.88. The Bertz CT molecular complexity index is 301. The zero-order chi connectivity index (χ0) is 10.7. The van der Waals surface area contributed by atoms with Crippen LogP contribution in [0.4, 0.5) is 0 Å². The Labute approximate surface area is 89.6 Å². The molecule has 1 aromatic carbocycles. The van der Waals surface area contributed by atoms with Crippen molar-refractivity contribution in [2.75, 3.05) is 7.11 Å². The van der Waals surface area contributed by atoms with Crippen molar-refractivity contribution < 1.29 is 14.6 Å². The van der Waals surface area contributed by atoms with Gasteiger partial charge in [-0.05, 0) is 17.7 Å². The van der Waals surface area contributed by atoms with Crippen LogP contribution in [0.3, 0.4) is 0 Å². The average molecular weight is 208 g/mol. The molecule has 2 rings (SSSR count). The number of methoxy groups -OCH3 is 1. The molecule has 1 N–H and O–H groups in total. The van der Waals surface area contributed by atoms with Crippen LogP contribution in [0.1, 0.15) is 18.4 Å². The summed E-state index contributed by atoms with van der Waals surface area (Å²) in [6.07, 6.45) is 2.60. The van der Waals surface area contributed by atoms with Gasteiger partial charge in [0.15, 0.2) is 0 Å². The Balaban J connectivity index is 1.84. The molecule has 1 aromatic rings. The maximum atomic E-state index is 8.88. The summed E-state index contributed by atoms with van der Waals surface area (Å²) in [7, 11) is 1.73. The van der Waals surface area contributed by atoms with Crippen LogP contribution >= 0.6 is 0 Å². The van der Waals surface area contributed by atoms with Gasteiger partial charge in [-0.1, -0.05) is 12.1 Å². The predicted octanol–water partition coefficient (Wildman–Crippen LogP) is 1.74. The number of aliphatic hydroxyl groups is 1. The molecule has 3 nitrogen and oxygen atoms in total. The van der Waals surface area contributed by atoms with E-state index >= 15 is 0 Å². The summed E-state index contributed by atoms with van der Waals surface area (Å²) < 4.78 is 10.9. The highest BCUT2D eigenvalue weighted by molar-refractivity contribution is 5.27. The number of ether oxygens (including phenoxy) is 2. The Kier molecular flexibility index (Phi) is 3.23. The SMILES string of the molecule is COC1CC(Oc2ccc(CO)cc2)C1. The molecule has 82 valence electrons. The molecule has 0 spiro atoms. The van der Waals surface area contributed by atoms with E-state index in [4.69, 9.17) is 14.6 Å². The Hall–Kier alpha value is -1.06. The predicted molar refractivity (Wildman–Crippen MR) is 56.8 cm³/mol. The number of benzene rings is 1. The second kappa shape index (κ2) is 4.64. The van der Waals surface area contributed by atoms with Crippen LogP contribution in [0.2, 0.25) is 0 Å². The summed E-state index contributed by atoms with van der Waals surface area (Å²) in [4.78, 5) is 0. The minimum atomic E-state index is 0.0788. The third-order valence-electron chi connectivity index (χ3n) is 2.79. The molecule has 1 saturated carbocycles. The Morgan fingerprint density at radius 3 is 2.40 bits per heavy atom. The first-order valence-corrected chi connectivity index (χ1v) is 5.21. The van der Waals surface area contributed by atoms with E-state index in [2.05, 4.69) is 0 Å². The molecule has 0 heterocycles. The highest BCUT2D eigenvalue weighted by atomic mass is 16.5. The van der Waals surface area contributed by atoms with E-state index in [1.54, 1.807) is 7.11 Å². The minimum Gasteiger partial charge on any atom is -0.490 e. The van der Waals surface area contributed by atoms with E-state index in [9.17, 15) is 0 Å². The number of hydrogen-bond acceptors (Lipinski definition) is 3. The van der Waals surface area contributed by atoms with Gasteiger partial charge in [0.2, 0.25) is 0 Å². The van der Waals surface area contributed by atoms with Crippen LogP contribution in [0, 0.1) is 0 Å². The van der Waals surface area contributed by atoms with Gasteiger partial charge in [-0.25, -0.2) is 0 Å². The van der Waals surface area contributed by atoms with E-state index < -0.39 is 0 Å². The van der Waals surface area contributed by atoms with E-state index in [1.165, 1.54) is 0 Å². The fourth-order valence-electron chi connectivity index (χ4n) is 1.67. The summed E-state index contributed by atoms with van der Waals surface area (Å²) in [5.74, 6) is 0.867. The van der Waals surface area contributed by atoms with Gasteiger partial charge in [0.1, 0.15) is 11.9 Å². The van der Waals surface area contributed by atoms with Gasteiger partial charge in [-0.15, -0.1) is 0 Å². The van der Waals surface area contributed by atoms with Crippen molar-refractivity contribution in [1.29, 1.82) is 0 Å². The molecule has 1 aliphatic carbocycles. The minimum absolute atomic E-state index is 0.0788. The zero-order valence-corrected chi connectivity index (χ0v) is 8.85. The van der Waals surface area contributed by atoms with Crippen molar-refractivity contribution in [3.63, 3.8) is 0 Å². The summed E-state index contributed by atoms with van der Waals surface area (Å²) in [6, 6.07) is 7.54. The van der Waals surface area contributed by atoms with E-state index in [1.807, 2.05) is 24.3 Å². The quantitative estimate of drug-likeness (QED) is 0.819. The smallest absolute Gasteiger partial charge is 0.119 e. The van der Waals surface area contributed by atoms with Crippen LogP contribution in [-0.4, -0.2) is 24.4 Å². The van der Waals surface area contributed by atoms with Gasteiger partial charge >= 0.3 is 0 Å². The highest BCUT2D eigenvalue weighted by Crippen LogP contribution is 2.27. The molecule has 1 fully saturated rings. The largest absolute Gasteiger partial charge is 0.490 e. The second-order valence-corrected chi connectivity index (χ2v) is 3.87. The summed E-state index contributed by atoms with van der Waals surface area (Å²) in [5.41, 5.74) is 0.908. The van der Waals surface area contributed by atoms with Crippen molar-refractivity contribution in [3.8, 4) is 5.75 Å². The molecule has 1 aliphatic rings. The van der Waals surface area contributed by atoms with E-state index in [0.29, 0.717) is 6.10 Å². The second-order valence-electron chi connectivity index (χ2n) is 3.87. The number of hydrogen-bond donors (Lipinski definition) is 1. The maximum Gasteiger partial charge on any atom is 0.119 e. The molecule has 0 radical (unpaired) electrons. The maximum absolute atomic E-state index is 8.88. The molecule has 15 heavy (non-hydrogen) atoms. The van der Waals surface area contributed by atoms with Gasteiger partial charge in [0, 0.05) is 20.0 Å². The molecular formula is C12H16O3. The molecule has 0 aliphatic heterocycles. The first kappa shape index (κ1) is 10.5. The topological polar surface area (TPSA) is 38.7 Å². The highest BCUT2D eigenvalue weighted by Gasteiger charge is 2.30. The van der Waals surface area contributed by atoms with Crippen LogP contribution in [0.5, 0.6) is 5.75 Å². The first-order chi connectivity index (χ1) is 7.31. The molecular weight excluding hydrogens is 192 g/mol. The van der Waals surface area contributed by atoms with Crippen molar-refractivity contribution in [2.24, 2.45) is 0 Å². The standard InChI is InChI=1S/C12H16O3/c1-14-11-6-12(7-11)15-10-4-2-9(8-13)3-5-10/h2-5,11-13H,6-8H2,1H3. The zero-order valence-electron chi connectivity index (χ0n) is 8.85. The summed E-state index contributed by atoms with van der Waals surface area (Å²) in [6.45, 7) is 0.0788. The molecule has 3 heteroatoms. The van der Waals surface area contributed by atoms with E-state index in [-0.39, 0.29) is 12.7 Å². The lowest BCUT2D eigenvalue weighted by Gasteiger charge is -2.34. The van der Waals surface area contributed by atoms with Crippen molar-refractivity contribution in [2.45, 2.75) is 31.7 Å². The van der Waals surface area contributed by atoms with Gasteiger partial charge in [-0.3, -0.25) is 0 Å². The third kappa shape index (κ3) is 2.49. The molecule has 0 unspecified atom stereocenters. The lowest BCUT2D eigenvalue weighted by Crippen LogP contribution is -2.38. The Morgan fingerprint density at radius 1 is 1.20 bits per heavy atom. The van der Waals surface area contributed by atoms with Crippen LogP contribution in [-0.2, 0) is 11.3 Å². The van der Waals surface area contributed by atoms with Gasteiger partial charge in [-0.2, -0.15) is 0 Å². The fourth-order valence-corrected chi connectivity index (χ4v) is 1.67.